The first-order valence-electron chi connectivity index (χ1n) is 8.55. The van der Waals surface area contributed by atoms with Crippen molar-refractivity contribution in [1.82, 2.24) is 9.47 Å². The average Bonchev–Trinajstić information content (AvgIpc) is 3.11. The van der Waals surface area contributed by atoms with Gasteiger partial charge in [0.2, 0.25) is 5.91 Å². The maximum Gasteiger partial charge on any atom is 0.248 e. The van der Waals surface area contributed by atoms with E-state index in [9.17, 15) is 4.79 Å². The molecule has 4 nitrogen and oxygen atoms in total. The molecule has 1 aliphatic heterocycles. The zero-order valence-electron chi connectivity index (χ0n) is 14.0. The first-order chi connectivity index (χ1) is 12.2. The number of fused-ring (bicyclic) bond motifs is 1. The van der Waals surface area contributed by atoms with E-state index in [1.807, 2.05) is 24.3 Å². The molecule has 1 aliphatic rings. The minimum Gasteiger partial charge on any atom is -0.366 e. The van der Waals surface area contributed by atoms with Crippen LogP contribution in [-0.4, -0.2) is 21.9 Å². The highest BCUT2D eigenvalue weighted by Gasteiger charge is 2.28. The highest BCUT2D eigenvalue weighted by Crippen LogP contribution is 2.33. The van der Waals surface area contributed by atoms with Crippen LogP contribution in [0.1, 0.15) is 33.2 Å². The lowest BCUT2D eigenvalue weighted by Gasteiger charge is -2.37. The molecule has 126 valence electrons. The number of aromatic nitrogens is 1. The Morgan fingerprint density at radius 2 is 1.72 bits per heavy atom. The van der Waals surface area contributed by atoms with Gasteiger partial charge in [-0.1, -0.05) is 42.5 Å². The van der Waals surface area contributed by atoms with Gasteiger partial charge in [-0.3, -0.25) is 9.69 Å². The second kappa shape index (κ2) is 6.57. The van der Waals surface area contributed by atoms with Crippen molar-refractivity contribution in [3.8, 4) is 0 Å². The van der Waals surface area contributed by atoms with Gasteiger partial charge in [-0.15, -0.1) is 0 Å². The Hall–Kier alpha value is -2.85. The fourth-order valence-corrected chi connectivity index (χ4v) is 3.63. The molecule has 0 unspecified atom stereocenters. The molecular formula is C21H21N3O. The van der Waals surface area contributed by atoms with Gasteiger partial charge in [0.25, 0.3) is 0 Å². The lowest BCUT2D eigenvalue weighted by Crippen LogP contribution is -2.37. The van der Waals surface area contributed by atoms with Gasteiger partial charge in [-0.2, -0.15) is 0 Å². The Bertz CT molecular complexity index is 868. The van der Waals surface area contributed by atoms with Crippen LogP contribution in [0, 0.1) is 0 Å². The molecule has 25 heavy (non-hydrogen) atoms. The molecule has 0 fully saturated rings. The quantitative estimate of drug-likeness (QED) is 0.798. The SMILES string of the molecule is NC(=O)c1ccc(CN2CCn3cccc3[C@H]2c2ccccc2)cc1. The molecule has 3 aromatic rings. The minimum atomic E-state index is -0.385. The maximum absolute atomic E-state index is 11.3. The van der Waals surface area contributed by atoms with E-state index in [0.717, 1.165) is 19.6 Å². The molecule has 1 amide bonds. The Labute approximate surface area is 147 Å². The molecule has 1 aromatic heterocycles. The number of carbonyl (C=O) groups excluding carboxylic acids is 1. The molecule has 0 spiro atoms. The largest absolute Gasteiger partial charge is 0.366 e. The number of rotatable bonds is 4. The van der Waals surface area contributed by atoms with Crippen molar-refractivity contribution < 1.29 is 4.79 Å². The highest BCUT2D eigenvalue weighted by molar-refractivity contribution is 5.92. The van der Waals surface area contributed by atoms with Crippen LogP contribution < -0.4 is 5.73 Å². The summed E-state index contributed by atoms with van der Waals surface area (Å²) in [5.41, 5.74) is 9.70. The predicted molar refractivity (Wildman–Crippen MR) is 98.1 cm³/mol. The number of nitrogens with zero attached hydrogens (tertiary/aromatic N) is 2. The van der Waals surface area contributed by atoms with Crippen LogP contribution in [0.15, 0.2) is 72.9 Å². The number of primary amides is 1. The molecule has 2 N–H and O–H groups in total. The average molecular weight is 331 g/mol. The minimum absolute atomic E-state index is 0.237. The van der Waals surface area contributed by atoms with E-state index in [-0.39, 0.29) is 11.9 Å². The molecule has 2 aromatic carbocycles. The molecular weight excluding hydrogens is 310 g/mol. The number of hydrogen-bond acceptors (Lipinski definition) is 2. The summed E-state index contributed by atoms with van der Waals surface area (Å²) in [5.74, 6) is -0.385. The molecule has 0 aliphatic carbocycles. The monoisotopic (exact) mass is 331 g/mol. The van der Waals surface area contributed by atoms with Crippen LogP contribution >= 0.6 is 0 Å². The fourth-order valence-electron chi connectivity index (χ4n) is 3.63. The van der Waals surface area contributed by atoms with Gasteiger partial charge in [-0.25, -0.2) is 0 Å². The van der Waals surface area contributed by atoms with Gasteiger partial charge in [0.05, 0.1) is 6.04 Å². The first-order valence-corrected chi connectivity index (χ1v) is 8.55. The van der Waals surface area contributed by atoms with Crippen molar-refractivity contribution in [3.63, 3.8) is 0 Å². The van der Waals surface area contributed by atoms with E-state index >= 15 is 0 Å². The van der Waals surface area contributed by atoms with E-state index in [4.69, 9.17) is 5.73 Å². The van der Waals surface area contributed by atoms with Gasteiger partial charge in [0, 0.05) is 37.1 Å². The van der Waals surface area contributed by atoms with Crippen molar-refractivity contribution in [2.24, 2.45) is 5.73 Å². The van der Waals surface area contributed by atoms with Crippen molar-refractivity contribution in [2.45, 2.75) is 19.1 Å². The summed E-state index contributed by atoms with van der Waals surface area (Å²) in [5, 5.41) is 0. The second-order valence-corrected chi connectivity index (χ2v) is 6.47. The van der Waals surface area contributed by atoms with Gasteiger partial charge in [0.15, 0.2) is 0 Å². The van der Waals surface area contributed by atoms with Crippen LogP contribution in [0.2, 0.25) is 0 Å². The first kappa shape index (κ1) is 15.7. The Kier molecular flexibility index (Phi) is 4.12. The molecule has 2 heterocycles. The van der Waals surface area contributed by atoms with Crippen LogP contribution in [0.4, 0.5) is 0 Å². The summed E-state index contributed by atoms with van der Waals surface area (Å²) >= 11 is 0. The Balaban J connectivity index is 1.65. The zero-order chi connectivity index (χ0) is 17.2. The third-order valence-corrected chi connectivity index (χ3v) is 4.88. The van der Waals surface area contributed by atoms with E-state index in [2.05, 4.69) is 58.1 Å². The fraction of sp³-hybridized carbons (Fsp3) is 0.190. The lowest BCUT2D eigenvalue weighted by molar-refractivity contribution is 0.1000. The molecule has 0 radical (unpaired) electrons. The van der Waals surface area contributed by atoms with Crippen LogP contribution in [0.25, 0.3) is 0 Å². The predicted octanol–water partition coefficient (Wildman–Crippen LogP) is 3.19. The molecule has 4 rings (SSSR count). The van der Waals surface area contributed by atoms with E-state index < -0.39 is 0 Å². The number of amides is 1. The number of benzene rings is 2. The molecule has 1 atom stereocenters. The summed E-state index contributed by atoms with van der Waals surface area (Å²) in [7, 11) is 0. The summed E-state index contributed by atoms with van der Waals surface area (Å²) in [6, 6.07) is 22.8. The van der Waals surface area contributed by atoms with E-state index in [1.165, 1.54) is 16.8 Å². The standard InChI is InChI=1S/C21H21N3O/c22-21(25)18-10-8-16(9-11-18)15-24-14-13-23-12-4-7-19(23)20(24)17-5-2-1-3-6-17/h1-12,20H,13-15H2,(H2,22,25)/t20-/m1/s1. The maximum atomic E-state index is 11.3. The zero-order valence-corrected chi connectivity index (χ0v) is 14.0. The normalized spacial score (nSPS) is 17.2. The Morgan fingerprint density at radius 3 is 2.44 bits per heavy atom. The molecule has 0 saturated heterocycles. The third kappa shape index (κ3) is 3.08. The van der Waals surface area contributed by atoms with Crippen molar-refractivity contribution in [2.75, 3.05) is 6.54 Å². The number of nitrogens with two attached hydrogens (primary N) is 1. The van der Waals surface area contributed by atoms with E-state index in [1.54, 1.807) is 0 Å². The van der Waals surface area contributed by atoms with Crippen LogP contribution in [0.5, 0.6) is 0 Å². The summed E-state index contributed by atoms with van der Waals surface area (Å²) in [6.07, 6.45) is 2.16. The number of carbonyl (C=O) groups is 1. The smallest absolute Gasteiger partial charge is 0.248 e. The number of hydrogen-bond donors (Lipinski definition) is 1. The summed E-state index contributed by atoms with van der Waals surface area (Å²) < 4.78 is 2.34. The van der Waals surface area contributed by atoms with Gasteiger partial charge in [-0.05, 0) is 35.4 Å². The highest BCUT2D eigenvalue weighted by atomic mass is 16.1. The van der Waals surface area contributed by atoms with Crippen molar-refractivity contribution in [1.29, 1.82) is 0 Å². The van der Waals surface area contributed by atoms with E-state index in [0.29, 0.717) is 5.56 Å². The third-order valence-electron chi connectivity index (χ3n) is 4.88. The van der Waals surface area contributed by atoms with Crippen molar-refractivity contribution in [3.05, 3.63) is 95.3 Å². The molecule has 0 saturated carbocycles. The van der Waals surface area contributed by atoms with Gasteiger partial charge >= 0.3 is 0 Å². The van der Waals surface area contributed by atoms with Crippen molar-refractivity contribution >= 4 is 5.91 Å². The summed E-state index contributed by atoms with van der Waals surface area (Å²) in [4.78, 5) is 13.7. The Morgan fingerprint density at radius 1 is 0.960 bits per heavy atom. The molecule has 0 bridgehead atoms. The molecule has 4 heteroatoms. The summed E-state index contributed by atoms with van der Waals surface area (Å²) in [6.45, 7) is 2.81. The van der Waals surface area contributed by atoms with Crippen LogP contribution in [0.3, 0.4) is 0 Å². The lowest BCUT2D eigenvalue weighted by atomic mass is 9.99. The van der Waals surface area contributed by atoms with Gasteiger partial charge in [0.1, 0.15) is 0 Å². The topological polar surface area (TPSA) is 51.3 Å². The van der Waals surface area contributed by atoms with Crippen LogP contribution in [-0.2, 0) is 13.1 Å². The second-order valence-electron chi connectivity index (χ2n) is 6.47. The van der Waals surface area contributed by atoms with Gasteiger partial charge < -0.3 is 10.3 Å².